The van der Waals surface area contributed by atoms with Crippen molar-refractivity contribution in [2.45, 2.75) is 43.2 Å². The first-order valence-corrected chi connectivity index (χ1v) is 11.8. The summed E-state index contributed by atoms with van der Waals surface area (Å²) in [5.41, 5.74) is 0.368. The lowest BCUT2D eigenvalue weighted by molar-refractivity contribution is 0.0472. The molecule has 2 atom stereocenters. The highest BCUT2D eigenvalue weighted by Crippen LogP contribution is 2.17. The number of amides is 1. The molecule has 1 aromatic carbocycles. The molecule has 1 aromatic rings. The molecule has 2 fully saturated rings. The molecule has 2 aliphatic heterocycles. The number of hydrogen-bond donors (Lipinski definition) is 2. The number of aliphatic hydroxyl groups is 1. The highest BCUT2D eigenvalue weighted by Gasteiger charge is 2.26. The normalized spacial score (nSPS) is 22.0. The summed E-state index contributed by atoms with van der Waals surface area (Å²) in [6, 6.07) is 6.31. The number of piperazine rings is 1. The van der Waals surface area contributed by atoms with Crippen LogP contribution in [0.15, 0.2) is 29.2 Å². The summed E-state index contributed by atoms with van der Waals surface area (Å²) in [4.78, 5) is 16.9. The van der Waals surface area contributed by atoms with Crippen molar-refractivity contribution in [1.82, 2.24) is 14.5 Å². The number of aliphatic hydroxyl groups excluding tert-OH is 1. The summed E-state index contributed by atoms with van der Waals surface area (Å²) in [5, 5.41) is 9.46. The van der Waals surface area contributed by atoms with Crippen LogP contribution in [0.4, 0.5) is 0 Å². The maximum Gasteiger partial charge on any atom is 0.253 e. The molecule has 2 saturated heterocycles. The molecule has 0 bridgehead atoms. The Bertz CT molecular complexity index is 783. The molecule has 2 aliphatic rings. The van der Waals surface area contributed by atoms with Crippen molar-refractivity contribution in [1.29, 1.82) is 0 Å². The van der Waals surface area contributed by atoms with Crippen molar-refractivity contribution in [2.75, 3.05) is 45.9 Å². The summed E-state index contributed by atoms with van der Waals surface area (Å²) in [6.07, 6.45) is 2.57. The van der Waals surface area contributed by atoms with Gasteiger partial charge in [0, 0.05) is 50.9 Å². The predicted molar refractivity (Wildman–Crippen MR) is 109 cm³/mol. The second-order valence-electron chi connectivity index (χ2n) is 7.59. The summed E-state index contributed by atoms with van der Waals surface area (Å²) in [5.74, 6) is -0.169. The third-order valence-electron chi connectivity index (χ3n) is 5.72. The van der Waals surface area contributed by atoms with Gasteiger partial charge in [-0.1, -0.05) is 13.0 Å². The second kappa shape index (κ2) is 9.99. The second-order valence-corrected chi connectivity index (χ2v) is 9.35. The molecule has 0 aliphatic carbocycles. The quantitative estimate of drug-likeness (QED) is 0.635. The van der Waals surface area contributed by atoms with Crippen LogP contribution in [-0.4, -0.2) is 87.3 Å². The molecule has 0 aromatic heterocycles. The Kier molecular flexibility index (Phi) is 7.64. The summed E-state index contributed by atoms with van der Waals surface area (Å²) >= 11 is 0. The largest absolute Gasteiger partial charge is 0.395 e. The third kappa shape index (κ3) is 5.55. The van der Waals surface area contributed by atoms with Gasteiger partial charge in [-0.05, 0) is 37.5 Å². The number of sulfonamides is 1. The highest BCUT2D eigenvalue weighted by atomic mass is 32.2. The molecule has 8 nitrogen and oxygen atoms in total. The molecule has 0 radical (unpaired) electrons. The van der Waals surface area contributed by atoms with Crippen LogP contribution in [0.2, 0.25) is 0 Å². The third-order valence-corrected chi connectivity index (χ3v) is 7.14. The van der Waals surface area contributed by atoms with Crippen LogP contribution < -0.4 is 4.72 Å². The minimum atomic E-state index is -3.70. The number of ether oxygens (including phenoxy) is 1. The predicted octanol–water partition coefficient (Wildman–Crippen LogP) is 0.673. The lowest BCUT2D eigenvalue weighted by Gasteiger charge is -2.38. The van der Waals surface area contributed by atoms with Crippen LogP contribution in [0.25, 0.3) is 0 Å². The van der Waals surface area contributed by atoms with Crippen LogP contribution in [-0.2, 0) is 14.8 Å². The van der Waals surface area contributed by atoms with Gasteiger partial charge in [-0.2, -0.15) is 0 Å². The SMILES string of the molecule is CC[C@H](CO)N1CCN(C(=O)c2cccc(S(=O)(=O)NC[C@@H]3CCCO3)c2)CC1. The maximum absolute atomic E-state index is 12.9. The van der Waals surface area contributed by atoms with E-state index in [9.17, 15) is 18.3 Å². The van der Waals surface area contributed by atoms with E-state index in [1.807, 2.05) is 6.92 Å². The molecule has 1 amide bonds. The van der Waals surface area contributed by atoms with E-state index >= 15 is 0 Å². The molecule has 2 heterocycles. The molecular formula is C20H31N3O5S. The summed E-state index contributed by atoms with van der Waals surface area (Å²) in [7, 11) is -3.70. The van der Waals surface area contributed by atoms with E-state index in [-0.39, 0.29) is 36.1 Å². The zero-order chi connectivity index (χ0) is 20.9. The first-order valence-electron chi connectivity index (χ1n) is 10.3. The van der Waals surface area contributed by atoms with Crippen LogP contribution in [0.5, 0.6) is 0 Å². The van der Waals surface area contributed by atoms with Crippen LogP contribution in [0.1, 0.15) is 36.5 Å². The fourth-order valence-corrected chi connectivity index (χ4v) is 4.97. The van der Waals surface area contributed by atoms with Crippen molar-refractivity contribution in [3.63, 3.8) is 0 Å². The Morgan fingerprint density at radius 1 is 1.31 bits per heavy atom. The van der Waals surface area contributed by atoms with Gasteiger partial charge in [0.2, 0.25) is 10.0 Å². The average molecular weight is 426 g/mol. The van der Waals surface area contributed by atoms with Gasteiger partial charge >= 0.3 is 0 Å². The number of nitrogens with one attached hydrogen (secondary N) is 1. The number of carbonyl (C=O) groups is 1. The van der Waals surface area contributed by atoms with Gasteiger partial charge in [0.05, 0.1) is 17.6 Å². The molecule has 0 saturated carbocycles. The molecule has 162 valence electrons. The monoisotopic (exact) mass is 425 g/mol. The molecule has 9 heteroatoms. The van der Waals surface area contributed by atoms with Gasteiger partial charge < -0.3 is 14.7 Å². The van der Waals surface area contributed by atoms with E-state index in [0.29, 0.717) is 38.3 Å². The van der Waals surface area contributed by atoms with Gasteiger partial charge in [-0.3, -0.25) is 9.69 Å². The van der Waals surface area contributed by atoms with Crippen LogP contribution in [0.3, 0.4) is 0 Å². The van der Waals surface area contributed by atoms with E-state index in [1.54, 1.807) is 17.0 Å². The van der Waals surface area contributed by atoms with Gasteiger partial charge in [-0.25, -0.2) is 13.1 Å². The smallest absolute Gasteiger partial charge is 0.253 e. The van der Waals surface area contributed by atoms with Crippen LogP contribution >= 0.6 is 0 Å². The van der Waals surface area contributed by atoms with E-state index < -0.39 is 10.0 Å². The highest BCUT2D eigenvalue weighted by molar-refractivity contribution is 7.89. The number of carbonyl (C=O) groups excluding carboxylic acids is 1. The van der Waals surface area contributed by atoms with Crippen molar-refractivity contribution in [3.8, 4) is 0 Å². The molecule has 2 N–H and O–H groups in total. The molecular weight excluding hydrogens is 394 g/mol. The van der Waals surface area contributed by atoms with Crippen molar-refractivity contribution < 1.29 is 23.1 Å². The van der Waals surface area contributed by atoms with Crippen molar-refractivity contribution >= 4 is 15.9 Å². The van der Waals surface area contributed by atoms with Crippen molar-refractivity contribution in [2.24, 2.45) is 0 Å². The Balaban J connectivity index is 1.62. The summed E-state index contributed by atoms with van der Waals surface area (Å²) < 4.78 is 33.3. The number of hydrogen-bond acceptors (Lipinski definition) is 6. The lowest BCUT2D eigenvalue weighted by atomic mass is 10.1. The van der Waals surface area contributed by atoms with E-state index in [0.717, 1.165) is 19.3 Å². The standard InChI is InChI=1S/C20H31N3O5S/c1-2-17(15-24)22-8-10-23(11-9-22)20(25)16-5-3-7-19(13-16)29(26,27)21-14-18-6-4-12-28-18/h3,5,7,13,17-18,21,24H,2,4,6,8-12,14-15H2,1H3/t17-,18+/m1/s1. The molecule has 29 heavy (non-hydrogen) atoms. The minimum Gasteiger partial charge on any atom is -0.395 e. The fraction of sp³-hybridized carbons (Fsp3) is 0.650. The lowest BCUT2D eigenvalue weighted by Crippen LogP contribution is -2.52. The zero-order valence-corrected chi connectivity index (χ0v) is 17.7. The van der Waals surface area contributed by atoms with Gasteiger partial charge in [0.1, 0.15) is 0 Å². The maximum atomic E-state index is 12.9. The molecule has 3 rings (SSSR count). The van der Waals surface area contributed by atoms with E-state index in [4.69, 9.17) is 4.74 Å². The Morgan fingerprint density at radius 3 is 2.69 bits per heavy atom. The number of benzene rings is 1. The summed E-state index contributed by atoms with van der Waals surface area (Å²) in [6.45, 7) is 5.58. The van der Waals surface area contributed by atoms with Gasteiger partial charge in [0.15, 0.2) is 0 Å². The number of rotatable bonds is 8. The van der Waals surface area contributed by atoms with E-state index in [1.165, 1.54) is 12.1 Å². The minimum absolute atomic E-state index is 0.0863. The molecule has 0 unspecified atom stereocenters. The Labute approximate surface area is 172 Å². The van der Waals surface area contributed by atoms with Gasteiger partial charge in [0.25, 0.3) is 5.91 Å². The first-order chi connectivity index (χ1) is 13.9. The van der Waals surface area contributed by atoms with Gasteiger partial charge in [-0.15, -0.1) is 0 Å². The topological polar surface area (TPSA) is 99.2 Å². The van der Waals surface area contributed by atoms with E-state index in [2.05, 4.69) is 9.62 Å². The zero-order valence-electron chi connectivity index (χ0n) is 16.9. The molecule has 0 spiro atoms. The van der Waals surface area contributed by atoms with Crippen molar-refractivity contribution in [3.05, 3.63) is 29.8 Å². The average Bonchev–Trinajstić information content (AvgIpc) is 3.27. The fourth-order valence-electron chi connectivity index (χ4n) is 3.86. The Morgan fingerprint density at radius 2 is 2.07 bits per heavy atom. The Hall–Kier alpha value is -1.52. The van der Waals surface area contributed by atoms with Crippen LogP contribution in [0, 0.1) is 0 Å². The number of nitrogens with zero attached hydrogens (tertiary/aromatic N) is 2. The first kappa shape index (κ1) is 22.2.